The van der Waals surface area contributed by atoms with Crippen LogP contribution in [0, 0.1) is 5.41 Å². The number of hydrogen-bond donors (Lipinski definition) is 0. The van der Waals surface area contributed by atoms with Crippen molar-refractivity contribution < 1.29 is 14.3 Å². The molecular weight excluding hydrogens is 230 g/mol. The monoisotopic (exact) mass is 257 g/mol. The molecule has 0 radical (unpaired) electrons. The fraction of sp³-hybridized carbons (Fsp3) is 0.929. The van der Waals surface area contributed by atoms with Crippen LogP contribution in [0.25, 0.3) is 0 Å². The lowest BCUT2D eigenvalue weighted by Crippen LogP contribution is -2.43. The van der Waals surface area contributed by atoms with Crippen molar-refractivity contribution in [2.75, 3.05) is 33.4 Å². The molecule has 1 saturated heterocycles. The SMILES string of the molecule is COC(=O)CC1CN(CCCC(C)(C)C)CCO1. The van der Waals surface area contributed by atoms with Gasteiger partial charge < -0.3 is 9.47 Å². The maximum atomic E-state index is 11.2. The van der Waals surface area contributed by atoms with Gasteiger partial charge in [-0.15, -0.1) is 0 Å². The van der Waals surface area contributed by atoms with Gasteiger partial charge in [-0.1, -0.05) is 20.8 Å². The largest absolute Gasteiger partial charge is 0.469 e. The Hall–Kier alpha value is -0.610. The molecule has 0 aliphatic carbocycles. The number of esters is 1. The van der Waals surface area contributed by atoms with Gasteiger partial charge in [0.1, 0.15) is 0 Å². The molecular formula is C14H27NO3. The Kier molecular flexibility index (Phi) is 6.09. The van der Waals surface area contributed by atoms with E-state index in [1.807, 2.05) is 0 Å². The lowest BCUT2D eigenvalue weighted by atomic mass is 9.90. The minimum atomic E-state index is -0.184. The molecule has 1 heterocycles. The highest BCUT2D eigenvalue weighted by atomic mass is 16.5. The number of hydrogen-bond acceptors (Lipinski definition) is 4. The Morgan fingerprint density at radius 3 is 2.78 bits per heavy atom. The van der Waals surface area contributed by atoms with Crippen LogP contribution < -0.4 is 0 Å². The molecule has 1 atom stereocenters. The average Bonchev–Trinajstić information content (AvgIpc) is 2.27. The van der Waals surface area contributed by atoms with E-state index in [2.05, 4.69) is 30.4 Å². The van der Waals surface area contributed by atoms with Gasteiger partial charge in [0.15, 0.2) is 0 Å². The van der Waals surface area contributed by atoms with Crippen LogP contribution in [0.3, 0.4) is 0 Å². The van der Waals surface area contributed by atoms with Crippen molar-refractivity contribution in [1.82, 2.24) is 4.90 Å². The van der Waals surface area contributed by atoms with Crippen LogP contribution in [0.5, 0.6) is 0 Å². The van der Waals surface area contributed by atoms with Crippen molar-refractivity contribution in [3.05, 3.63) is 0 Å². The van der Waals surface area contributed by atoms with E-state index in [4.69, 9.17) is 4.74 Å². The maximum Gasteiger partial charge on any atom is 0.308 e. The average molecular weight is 257 g/mol. The van der Waals surface area contributed by atoms with Crippen molar-refractivity contribution in [3.63, 3.8) is 0 Å². The third kappa shape index (κ3) is 6.36. The van der Waals surface area contributed by atoms with Crippen LogP contribution in [0.2, 0.25) is 0 Å². The Bertz CT molecular complexity index is 260. The van der Waals surface area contributed by atoms with Crippen molar-refractivity contribution in [2.45, 2.75) is 46.1 Å². The predicted octanol–water partition coefficient (Wildman–Crippen LogP) is 2.08. The number of nitrogens with zero attached hydrogens (tertiary/aromatic N) is 1. The standard InChI is InChI=1S/C14H27NO3/c1-14(2,3)6-5-7-15-8-9-18-12(11-15)10-13(16)17-4/h12H,5-11H2,1-4H3. The molecule has 0 saturated carbocycles. The van der Waals surface area contributed by atoms with Gasteiger partial charge in [-0.2, -0.15) is 0 Å². The first kappa shape index (κ1) is 15.4. The van der Waals surface area contributed by atoms with Gasteiger partial charge in [-0.05, 0) is 24.8 Å². The van der Waals surface area contributed by atoms with Crippen molar-refractivity contribution in [1.29, 1.82) is 0 Å². The zero-order chi connectivity index (χ0) is 13.6. The third-order valence-electron chi connectivity index (χ3n) is 3.25. The summed E-state index contributed by atoms with van der Waals surface area (Å²) in [6.07, 6.45) is 2.80. The van der Waals surface area contributed by atoms with Gasteiger partial charge in [-0.25, -0.2) is 0 Å². The number of morpholine rings is 1. The van der Waals surface area contributed by atoms with E-state index in [0.717, 1.165) is 26.2 Å². The molecule has 18 heavy (non-hydrogen) atoms. The van der Waals surface area contributed by atoms with Crippen LogP contribution in [-0.4, -0.2) is 50.3 Å². The Balaban J connectivity index is 2.24. The van der Waals surface area contributed by atoms with E-state index in [1.165, 1.54) is 20.0 Å². The molecule has 0 aromatic carbocycles. The molecule has 0 spiro atoms. The van der Waals surface area contributed by atoms with Gasteiger partial charge in [0.25, 0.3) is 0 Å². The molecule has 1 rings (SSSR count). The quantitative estimate of drug-likeness (QED) is 0.707. The van der Waals surface area contributed by atoms with Crippen LogP contribution in [-0.2, 0) is 14.3 Å². The van der Waals surface area contributed by atoms with Crippen LogP contribution in [0.1, 0.15) is 40.0 Å². The lowest BCUT2D eigenvalue weighted by molar-refractivity contribution is -0.145. The maximum absolute atomic E-state index is 11.2. The highest BCUT2D eigenvalue weighted by Crippen LogP contribution is 2.21. The van der Waals surface area contributed by atoms with E-state index in [0.29, 0.717) is 11.8 Å². The molecule has 4 nitrogen and oxygen atoms in total. The normalized spacial score (nSPS) is 21.9. The van der Waals surface area contributed by atoms with Gasteiger partial charge in [0, 0.05) is 13.1 Å². The van der Waals surface area contributed by atoms with Gasteiger partial charge in [0.05, 0.1) is 26.2 Å². The molecule has 0 aromatic heterocycles. The summed E-state index contributed by atoms with van der Waals surface area (Å²) in [4.78, 5) is 13.6. The molecule has 106 valence electrons. The van der Waals surface area contributed by atoms with E-state index in [1.54, 1.807) is 0 Å². The van der Waals surface area contributed by atoms with E-state index >= 15 is 0 Å². The first-order valence-electron chi connectivity index (χ1n) is 6.81. The summed E-state index contributed by atoms with van der Waals surface area (Å²) in [5.74, 6) is -0.184. The summed E-state index contributed by atoms with van der Waals surface area (Å²) in [5.41, 5.74) is 0.401. The van der Waals surface area contributed by atoms with E-state index < -0.39 is 0 Å². The third-order valence-corrected chi connectivity index (χ3v) is 3.25. The van der Waals surface area contributed by atoms with Gasteiger partial charge in [0.2, 0.25) is 0 Å². The van der Waals surface area contributed by atoms with Crippen molar-refractivity contribution in [2.24, 2.45) is 5.41 Å². The first-order chi connectivity index (χ1) is 8.40. The Morgan fingerprint density at radius 1 is 1.44 bits per heavy atom. The van der Waals surface area contributed by atoms with Crippen molar-refractivity contribution in [3.8, 4) is 0 Å². The smallest absolute Gasteiger partial charge is 0.308 e. The summed E-state index contributed by atoms with van der Waals surface area (Å²) < 4.78 is 10.3. The molecule has 4 heteroatoms. The summed E-state index contributed by atoms with van der Waals surface area (Å²) in [7, 11) is 1.42. The molecule has 1 aliphatic rings. The molecule has 0 aromatic rings. The zero-order valence-corrected chi connectivity index (χ0v) is 12.2. The molecule has 0 N–H and O–H groups in total. The summed E-state index contributed by atoms with van der Waals surface area (Å²) >= 11 is 0. The van der Waals surface area contributed by atoms with Crippen LogP contribution >= 0.6 is 0 Å². The Labute approximate surface area is 111 Å². The molecule has 1 fully saturated rings. The van der Waals surface area contributed by atoms with Gasteiger partial charge >= 0.3 is 5.97 Å². The second-order valence-electron chi connectivity index (χ2n) is 6.24. The zero-order valence-electron chi connectivity index (χ0n) is 12.2. The fourth-order valence-corrected chi connectivity index (χ4v) is 2.21. The van der Waals surface area contributed by atoms with E-state index in [-0.39, 0.29) is 12.1 Å². The number of methoxy groups -OCH3 is 1. The predicted molar refractivity (Wildman–Crippen MR) is 71.5 cm³/mol. The second-order valence-corrected chi connectivity index (χ2v) is 6.24. The lowest BCUT2D eigenvalue weighted by Gasteiger charge is -2.33. The number of rotatable bonds is 5. The van der Waals surface area contributed by atoms with Gasteiger partial charge in [-0.3, -0.25) is 9.69 Å². The summed E-state index contributed by atoms with van der Waals surface area (Å²) in [6.45, 7) is 10.4. The van der Waals surface area contributed by atoms with Crippen LogP contribution in [0.4, 0.5) is 0 Å². The molecule has 1 aliphatic heterocycles. The van der Waals surface area contributed by atoms with Crippen LogP contribution in [0.15, 0.2) is 0 Å². The summed E-state index contributed by atoms with van der Waals surface area (Å²) in [5, 5.41) is 0. The van der Waals surface area contributed by atoms with Crippen molar-refractivity contribution >= 4 is 5.97 Å². The topological polar surface area (TPSA) is 38.8 Å². The molecule has 0 amide bonds. The fourth-order valence-electron chi connectivity index (χ4n) is 2.21. The number of carbonyl (C=O) groups excluding carboxylic acids is 1. The highest BCUT2D eigenvalue weighted by molar-refractivity contribution is 5.69. The highest BCUT2D eigenvalue weighted by Gasteiger charge is 2.23. The minimum absolute atomic E-state index is 0.000775. The number of ether oxygens (including phenoxy) is 2. The molecule has 1 unspecified atom stereocenters. The first-order valence-corrected chi connectivity index (χ1v) is 6.81. The second kappa shape index (κ2) is 7.10. The summed E-state index contributed by atoms with van der Waals surface area (Å²) in [6, 6.07) is 0. The molecule has 0 bridgehead atoms. The minimum Gasteiger partial charge on any atom is -0.469 e. The Morgan fingerprint density at radius 2 is 2.17 bits per heavy atom. The number of carbonyl (C=O) groups is 1. The van der Waals surface area contributed by atoms with E-state index in [9.17, 15) is 4.79 Å².